The van der Waals surface area contributed by atoms with Crippen LogP contribution in [0.4, 0.5) is 5.69 Å². The number of nitrogens with zero attached hydrogens (tertiary/aromatic N) is 3. The maximum absolute atomic E-state index is 13.5. The highest BCUT2D eigenvalue weighted by Crippen LogP contribution is 2.26. The Morgan fingerprint density at radius 3 is 2.31 bits per heavy atom. The van der Waals surface area contributed by atoms with Gasteiger partial charge in [0.1, 0.15) is 0 Å². The van der Waals surface area contributed by atoms with Gasteiger partial charge in [-0.2, -0.15) is 4.31 Å². The molecule has 4 rings (SSSR count). The van der Waals surface area contributed by atoms with Crippen LogP contribution in [0.15, 0.2) is 82.2 Å². The number of benzene rings is 3. The Labute approximate surface area is 226 Å². The Hall–Kier alpha value is -2.39. The molecule has 0 saturated carbocycles. The van der Waals surface area contributed by atoms with Crippen molar-refractivity contribution in [2.24, 2.45) is 0 Å². The lowest BCUT2D eigenvalue weighted by atomic mass is 10.1. The minimum atomic E-state index is -3.85. The first kappa shape index (κ1) is 26.7. The van der Waals surface area contributed by atoms with Gasteiger partial charge in [0.2, 0.25) is 15.9 Å². The van der Waals surface area contributed by atoms with Gasteiger partial charge in [0, 0.05) is 47.9 Å². The fraction of sp³-hybridized carbons (Fsp3) is 0.296. The number of carbonyl (C=O) groups is 1. The predicted molar refractivity (Wildman–Crippen MR) is 148 cm³/mol. The van der Waals surface area contributed by atoms with E-state index in [0.29, 0.717) is 37.6 Å². The summed E-state index contributed by atoms with van der Waals surface area (Å²) in [5.74, 6) is -0.189. The molecule has 0 aliphatic carbocycles. The lowest BCUT2D eigenvalue weighted by Gasteiger charge is -2.37. The minimum Gasteiger partial charge on any atom is -0.368 e. The van der Waals surface area contributed by atoms with E-state index in [2.05, 4.69) is 20.8 Å². The van der Waals surface area contributed by atoms with Gasteiger partial charge in [-0.1, -0.05) is 63.9 Å². The van der Waals surface area contributed by atoms with Crippen molar-refractivity contribution in [3.63, 3.8) is 0 Å². The van der Waals surface area contributed by atoms with Crippen molar-refractivity contribution in [3.8, 4) is 0 Å². The molecule has 6 nitrogen and oxygen atoms in total. The van der Waals surface area contributed by atoms with E-state index in [-0.39, 0.29) is 23.9 Å². The van der Waals surface area contributed by atoms with Gasteiger partial charge in [-0.25, -0.2) is 8.42 Å². The maximum Gasteiger partial charge on any atom is 0.243 e. The number of amides is 1. The van der Waals surface area contributed by atoms with Crippen molar-refractivity contribution in [2.45, 2.75) is 18.2 Å². The molecular formula is C27H29BrClN3O3S. The highest BCUT2D eigenvalue weighted by atomic mass is 79.9. The molecule has 0 radical (unpaired) electrons. The highest BCUT2D eigenvalue weighted by molar-refractivity contribution is 9.10. The van der Waals surface area contributed by atoms with E-state index in [9.17, 15) is 13.2 Å². The summed E-state index contributed by atoms with van der Waals surface area (Å²) < 4.78 is 29.1. The topological polar surface area (TPSA) is 60.9 Å². The standard InChI is InChI=1S/C27H29BrClN3O3S/c1-21-7-10-24(29)19-26(21)30-15-17-31(18-16-30)27(33)20-32(14-13-22-5-3-2-4-6-22)36(34,35)25-11-8-23(28)9-12-25/h2-12,19H,13-18,20H2,1H3. The third-order valence-electron chi connectivity index (χ3n) is 6.40. The van der Waals surface area contributed by atoms with Crippen LogP contribution in [-0.2, 0) is 21.2 Å². The van der Waals surface area contributed by atoms with Gasteiger partial charge in [0.25, 0.3) is 0 Å². The van der Waals surface area contributed by atoms with Gasteiger partial charge >= 0.3 is 0 Å². The van der Waals surface area contributed by atoms with E-state index in [0.717, 1.165) is 21.3 Å². The fourth-order valence-corrected chi connectivity index (χ4v) is 6.13. The van der Waals surface area contributed by atoms with Crippen LogP contribution in [0.5, 0.6) is 0 Å². The average molecular weight is 591 g/mol. The van der Waals surface area contributed by atoms with Crippen LogP contribution in [0.3, 0.4) is 0 Å². The lowest BCUT2D eigenvalue weighted by molar-refractivity contribution is -0.131. The summed E-state index contributed by atoms with van der Waals surface area (Å²) in [7, 11) is -3.85. The third kappa shape index (κ3) is 6.48. The van der Waals surface area contributed by atoms with Crippen LogP contribution in [-0.4, -0.2) is 62.8 Å². The molecule has 0 bridgehead atoms. The Kier molecular flexibility index (Phi) is 8.72. The molecule has 190 valence electrons. The van der Waals surface area contributed by atoms with Crippen LogP contribution >= 0.6 is 27.5 Å². The lowest BCUT2D eigenvalue weighted by Crippen LogP contribution is -2.52. The Morgan fingerprint density at radius 1 is 0.972 bits per heavy atom. The van der Waals surface area contributed by atoms with Gasteiger partial charge in [0.05, 0.1) is 11.4 Å². The number of piperazine rings is 1. The molecule has 9 heteroatoms. The molecule has 36 heavy (non-hydrogen) atoms. The monoisotopic (exact) mass is 589 g/mol. The number of anilines is 1. The van der Waals surface area contributed by atoms with Crippen molar-refractivity contribution < 1.29 is 13.2 Å². The highest BCUT2D eigenvalue weighted by Gasteiger charge is 2.30. The van der Waals surface area contributed by atoms with Gasteiger partial charge in [-0.15, -0.1) is 0 Å². The Morgan fingerprint density at radius 2 is 1.64 bits per heavy atom. The van der Waals surface area contributed by atoms with E-state index in [4.69, 9.17) is 11.6 Å². The smallest absolute Gasteiger partial charge is 0.243 e. The van der Waals surface area contributed by atoms with E-state index in [1.807, 2.05) is 55.5 Å². The summed E-state index contributed by atoms with van der Waals surface area (Å²) in [4.78, 5) is 17.4. The number of hydrogen-bond donors (Lipinski definition) is 0. The van der Waals surface area contributed by atoms with Crippen LogP contribution in [0.2, 0.25) is 5.02 Å². The molecule has 1 fully saturated rings. The molecule has 1 heterocycles. The minimum absolute atomic E-state index is 0.174. The quantitative estimate of drug-likeness (QED) is 0.371. The molecule has 1 aliphatic heterocycles. The first-order valence-electron chi connectivity index (χ1n) is 11.8. The zero-order valence-corrected chi connectivity index (χ0v) is 23.3. The summed E-state index contributed by atoms with van der Waals surface area (Å²) >= 11 is 9.54. The predicted octanol–water partition coefficient (Wildman–Crippen LogP) is 4.99. The summed E-state index contributed by atoms with van der Waals surface area (Å²) in [6, 6.07) is 22.0. The molecule has 3 aromatic carbocycles. The van der Waals surface area contributed by atoms with Crippen LogP contribution in [0, 0.1) is 6.92 Å². The Bertz CT molecular complexity index is 1300. The maximum atomic E-state index is 13.5. The molecule has 1 amide bonds. The number of hydrogen-bond acceptors (Lipinski definition) is 4. The van der Waals surface area contributed by atoms with Gasteiger partial charge < -0.3 is 9.80 Å². The summed E-state index contributed by atoms with van der Waals surface area (Å²) in [6.45, 7) is 4.44. The van der Waals surface area contributed by atoms with Gasteiger partial charge in [-0.3, -0.25) is 4.79 Å². The second kappa shape index (κ2) is 11.8. The SMILES string of the molecule is Cc1ccc(Cl)cc1N1CCN(C(=O)CN(CCc2ccccc2)S(=O)(=O)c2ccc(Br)cc2)CC1. The zero-order valence-electron chi connectivity index (χ0n) is 20.1. The zero-order chi connectivity index (χ0) is 25.7. The van der Waals surface area contributed by atoms with Crippen LogP contribution in [0.25, 0.3) is 0 Å². The normalized spacial score (nSPS) is 14.3. The molecule has 0 unspecified atom stereocenters. The van der Waals surface area contributed by atoms with E-state index in [1.165, 1.54) is 4.31 Å². The molecule has 0 aromatic heterocycles. The molecule has 3 aromatic rings. The summed E-state index contributed by atoms with van der Waals surface area (Å²) in [6.07, 6.45) is 0.520. The van der Waals surface area contributed by atoms with Crippen LogP contribution < -0.4 is 4.90 Å². The van der Waals surface area contributed by atoms with Crippen molar-refractivity contribution >= 4 is 49.1 Å². The van der Waals surface area contributed by atoms with E-state index in [1.54, 1.807) is 29.2 Å². The second-order valence-corrected chi connectivity index (χ2v) is 12.1. The van der Waals surface area contributed by atoms with Crippen molar-refractivity contribution in [2.75, 3.05) is 44.2 Å². The second-order valence-electron chi connectivity index (χ2n) is 8.83. The summed E-state index contributed by atoms with van der Waals surface area (Å²) in [5.41, 5.74) is 3.22. The number of halogens is 2. The average Bonchev–Trinajstić information content (AvgIpc) is 2.88. The van der Waals surface area contributed by atoms with Gasteiger partial charge in [0.15, 0.2) is 0 Å². The number of rotatable bonds is 8. The largest absolute Gasteiger partial charge is 0.368 e. The van der Waals surface area contributed by atoms with E-state index >= 15 is 0 Å². The molecule has 0 spiro atoms. The van der Waals surface area contributed by atoms with Crippen molar-refractivity contribution in [1.29, 1.82) is 0 Å². The Balaban J connectivity index is 1.47. The van der Waals surface area contributed by atoms with Crippen molar-refractivity contribution in [1.82, 2.24) is 9.21 Å². The summed E-state index contributed by atoms with van der Waals surface area (Å²) in [5, 5.41) is 0.682. The number of carbonyl (C=O) groups excluding carboxylic acids is 1. The molecule has 1 aliphatic rings. The molecule has 1 saturated heterocycles. The van der Waals surface area contributed by atoms with Crippen molar-refractivity contribution in [3.05, 3.63) is 93.4 Å². The first-order chi connectivity index (χ1) is 17.2. The molecule has 0 N–H and O–H groups in total. The fourth-order valence-electron chi connectivity index (χ4n) is 4.31. The molecular weight excluding hydrogens is 562 g/mol. The van der Waals surface area contributed by atoms with Crippen LogP contribution in [0.1, 0.15) is 11.1 Å². The first-order valence-corrected chi connectivity index (χ1v) is 14.4. The molecule has 0 atom stereocenters. The third-order valence-corrected chi connectivity index (χ3v) is 9.02. The van der Waals surface area contributed by atoms with Gasteiger partial charge in [-0.05, 0) is 60.9 Å². The van der Waals surface area contributed by atoms with E-state index < -0.39 is 10.0 Å². The number of sulfonamides is 1. The number of aryl methyl sites for hydroxylation is 1.